The number of aryl methyl sites for hydroxylation is 1. The van der Waals surface area contributed by atoms with Gasteiger partial charge in [-0.3, -0.25) is 9.78 Å². The van der Waals surface area contributed by atoms with Crippen molar-refractivity contribution in [3.63, 3.8) is 0 Å². The van der Waals surface area contributed by atoms with Crippen LogP contribution in [0, 0.1) is 6.92 Å². The minimum absolute atomic E-state index is 0.443. The molecule has 0 fully saturated rings. The second-order valence-corrected chi connectivity index (χ2v) is 5.67. The van der Waals surface area contributed by atoms with Crippen molar-refractivity contribution in [1.82, 2.24) is 4.98 Å². The molecular weight excluding hydrogens is 298 g/mol. The highest BCUT2D eigenvalue weighted by Gasteiger charge is 2.14. The number of anilines is 1. The van der Waals surface area contributed by atoms with Gasteiger partial charge in [-0.1, -0.05) is 42.0 Å². The molecule has 0 aliphatic carbocycles. The summed E-state index contributed by atoms with van der Waals surface area (Å²) in [6.45, 7) is 2.64. The molecule has 0 spiro atoms. The van der Waals surface area contributed by atoms with E-state index in [4.69, 9.17) is 5.73 Å². The van der Waals surface area contributed by atoms with Crippen LogP contribution in [-0.4, -0.2) is 10.9 Å². The van der Waals surface area contributed by atoms with E-state index in [1.54, 1.807) is 18.5 Å². The molecule has 3 aromatic rings. The molecule has 1 aromatic heterocycles. The number of hydrogen-bond acceptors (Lipinski definition) is 3. The van der Waals surface area contributed by atoms with E-state index in [0.29, 0.717) is 12.1 Å². The van der Waals surface area contributed by atoms with Crippen molar-refractivity contribution in [1.29, 1.82) is 0 Å². The number of primary amides is 1. The van der Waals surface area contributed by atoms with Gasteiger partial charge in [0.1, 0.15) is 0 Å². The summed E-state index contributed by atoms with van der Waals surface area (Å²) in [7, 11) is 0. The van der Waals surface area contributed by atoms with Gasteiger partial charge in [-0.15, -0.1) is 0 Å². The maximum atomic E-state index is 11.9. The Morgan fingerprint density at radius 2 is 1.83 bits per heavy atom. The van der Waals surface area contributed by atoms with E-state index in [0.717, 1.165) is 27.9 Å². The third kappa shape index (κ3) is 3.43. The molecule has 0 radical (unpaired) electrons. The highest BCUT2D eigenvalue weighted by atomic mass is 16.1. The van der Waals surface area contributed by atoms with Crippen molar-refractivity contribution in [2.75, 3.05) is 5.32 Å². The number of carbonyl (C=O) groups excluding carboxylic acids is 1. The van der Waals surface area contributed by atoms with Crippen LogP contribution in [0.2, 0.25) is 0 Å². The van der Waals surface area contributed by atoms with Gasteiger partial charge in [0.05, 0.1) is 11.3 Å². The first kappa shape index (κ1) is 15.7. The third-order valence-corrected chi connectivity index (χ3v) is 3.88. The Balaban J connectivity index is 2.02. The van der Waals surface area contributed by atoms with Crippen molar-refractivity contribution < 1.29 is 4.79 Å². The van der Waals surface area contributed by atoms with Gasteiger partial charge in [-0.2, -0.15) is 0 Å². The van der Waals surface area contributed by atoms with Crippen LogP contribution in [0.15, 0.2) is 67.0 Å². The number of para-hydroxylation sites is 1. The molecule has 0 saturated carbocycles. The van der Waals surface area contributed by atoms with Gasteiger partial charge in [-0.25, -0.2) is 0 Å². The van der Waals surface area contributed by atoms with Gasteiger partial charge in [0.15, 0.2) is 0 Å². The monoisotopic (exact) mass is 317 g/mol. The molecule has 24 heavy (non-hydrogen) atoms. The molecule has 0 aliphatic heterocycles. The maximum absolute atomic E-state index is 11.9. The van der Waals surface area contributed by atoms with E-state index >= 15 is 0 Å². The zero-order valence-electron chi connectivity index (χ0n) is 13.5. The number of hydrogen-bond donors (Lipinski definition) is 2. The predicted octanol–water partition coefficient (Wildman–Crippen LogP) is 3.77. The Hall–Kier alpha value is -3.14. The molecule has 3 N–H and O–H groups in total. The van der Waals surface area contributed by atoms with Gasteiger partial charge in [0.2, 0.25) is 0 Å². The first-order valence-corrected chi connectivity index (χ1v) is 7.78. The van der Waals surface area contributed by atoms with Crippen molar-refractivity contribution >= 4 is 11.6 Å². The Morgan fingerprint density at radius 3 is 2.54 bits per heavy atom. The lowest BCUT2D eigenvalue weighted by molar-refractivity contribution is 0.100. The number of benzene rings is 2. The highest BCUT2D eigenvalue weighted by molar-refractivity contribution is 6.02. The second-order valence-electron chi connectivity index (χ2n) is 5.67. The molecule has 4 heteroatoms. The van der Waals surface area contributed by atoms with E-state index in [1.807, 2.05) is 49.4 Å². The zero-order valence-corrected chi connectivity index (χ0v) is 13.5. The van der Waals surface area contributed by atoms with Gasteiger partial charge in [0, 0.05) is 24.5 Å². The number of nitrogens with one attached hydrogen (secondary N) is 1. The Bertz CT molecular complexity index is 860. The van der Waals surface area contributed by atoms with Crippen LogP contribution in [0.3, 0.4) is 0 Å². The van der Waals surface area contributed by atoms with E-state index in [2.05, 4.69) is 16.4 Å². The number of rotatable bonds is 5. The molecule has 0 unspecified atom stereocenters. The summed E-state index contributed by atoms with van der Waals surface area (Å²) in [5, 5.41) is 3.37. The number of pyridine rings is 1. The molecule has 4 nitrogen and oxygen atoms in total. The summed E-state index contributed by atoms with van der Waals surface area (Å²) in [5.74, 6) is -0.443. The standard InChI is InChI=1S/C20H19N3O/c1-14-4-2-5-16(12-14)17-6-3-7-18(20(21)24)19(17)23-13-15-8-10-22-11-9-15/h2-12,23H,13H2,1H3,(H2,21,24). The fourth-order valence-corrected chi connectivity index (χ4v) is 2.69. The van der Waals surface area contributed by atoms with Crippen LogP contribution >= 0.6 is 0 Å². The molecule has 0 bridgehead atoms. The van der Waals surface area contributed by atoms with Crippen molar-refractivity contribution in [3.05, 3.63) is 83.7 Å². The molecular formula is C20H19N3O. The lowest BCUT2D eigenvalue weighted by Gasteiger charge is -2.16. The van der Waals surface area contributed by atoms with Crippen molar-refractivity contribution in [3.8, 4) is 11.1 Å². The lowest BCUT2D eigenvalue weighted by atomic mass is 9.98. The number of nitrogens with zero attached hydrogens (tertiary/aromatic N) is 1. The first-order valence-electron chi connectivity index (χ1n) is 7.78. The van der Waals surface area contributed by atoms with E-state index in [9.17, 15) is 4.79 Å². The van der Waals surface area contributed by atoms with Crippen LogP contribution in [-0.2, 0) is 6.54 Å². The van der Waals surface area contributed by atoms with Crippen LogP contribution in [0.4, 0.5) is 5.69 Å². The smallest absolute Gasteiger partial charge is 0.250 e. The summed E-state index contributed by atoms with van der Waals surface area (Å²) >= 11 is 0. The Kier molecular flexibility index (Phi) is 4.57. The highest BCUT2D eigenvalue weighted by Crippen LogP contribution is 2.32. The van der Waals surface area contributed by atoms with Crippen LogP contribution in [0.25, 0.3) is 11.1 Å². The Labute approximate surface area is 141 Å². The summed E-state index contributed by atoms with van der Waals surface area (Å²) < 4.78 is 0. The number of carbonyl (C=O) groups is 1. The van der Waals surface area contributed by atoms with E-state index in [-0.39, 0.29) is 0 Å². The van der Waals surface area contributed by atoms with Gasteiger partial charge in [0.25, 0.3) is 5.91 Å². The molecule has 120 valence electrons. The fourth-order valence-electron chi connectivity index (χ4n) is 2.69. The number of nitrogens with two attached hydrogens (primary N) is 1. The van der Waals surface area contributed by atoms with E-state index < -0.39 is 5.91 Å². The fraction of sp³-hybridized carbons (Fsp3) is 0.100. The third-order valence-electron chi connectivity index (χ3n) is 3.88. The van der Waals surface area contributed by atoms with Crippen molar-refractivity contribution in [2.45, 2.75) is 13.5 Å². The summed E-state index contributed by atoms with van der Waals surface area (Å²) in [6.07, 6.45) is 3.50. The average Bonchev–Trinajstić information content (AvgIpc) is 2.60. The lowest BCUT2D eigenvalue weighted by Crippen LogP contribution is -2.15. The largest absolute Gasteiger partial charge is 0.380 e. The molecule has 1 heterocycles. The van der Waals surface area contributed by atoms with Gasteiger partial charge < -0.3 is 11.1 Å². The normalized spacial score (nSPS) is 10.4. The van der Waals surface area contributed by atoms with Crippen LogP contribution in [0.1, 0.15) is 21.5 Å². The Morgan fingerprint density at radius 1 is 1.08 bits per heavy atom. The summed E-state index contributed by atoms with van der Waals surface area (Å²) in [5.41, 5.74) is 11.1. The molecule has 0 aliphatic rings. The van der Waals surface area contributed by atoms with Crippen LogP contribution < -0.4 is 11.1 Å². The van der Waals surface area contributed by atoms with Crippen molar-refractivity contribution in [2.24, 2.45) is 5.73 Å². The van der Waals surface area contributed by atoms with Gasteiger partial charge >= 0.3 is 0 Å². The quantitative estimate of drug-likeness (QED) is 0.752. The molecule has 1 amide bonds. The summed E-state index contributed by atoms with van der Waals surface area (Å²) in [6, 6.07) is 17.7. The topological polar surface area (TPSA) is 68.0 Å². The number of amides is 1. The molecule has 2 aromatic carbocycles. The van der Waals surface area contributed by atoms with Gasteiger partial charge in [-0.05, 0) is 36.2 Å². The predicted molar refractivity (Wildman–Crippen MR) is 96.7 cm³/mol. The molecule has 0 atom stereocenters. The molecule has 3 rings (SSSR count). The second kappa shape index (κ2) is 6.96. The first-order chi connectivity index (χ1) is 11.6. The zero-order chi connectivity index (χ0) is 16.9. The number of aromatic nitrogens is 1. The maximum Gasteiger partial charge on any atom is 0.250 e. The minimum Gasteiger partial charge on any atom is -0.380 e. The average molecular weight is 317 g/mol. The summed E-state index contributed by atoms with van der Waals surface area (Å²) in [4.78, 5) is 15.9. The SMILES string of the molecule is Cc1cccc(-c2cccc(C(N)=O)c2NCc2ccncc2)c1. The molecule has 0 saturated heterocycles. The minimum atomic E-state index is -0.443. The van der Waals surface area contributed by atoms with Crippen LogP contribution in [0.5, 0.6) is 0 Å². The van der Waals surface area contributed by atoms with E-state index in [1.165, 1.54) is 0 Å².